The molecule has 0 spiro atoms. The number of aromatic nitrogens is 4. The van der Waals surface area contributed by atoms with Crippen LogP contribution in [0.5, 0.6) is 0 Å². The summed E-state index contributed by atoms with van der Waals surface area (Å²) in [6, 6.07) is 9.07. The van der Waals surface area contributed by atoms with Crippen LogP contribution in [0.15, 0.2) is 42.7 Å². The van der Waals surface area contributed by atoms with E-state index in [1.807, 2.05) is 31.4 Å². The predicted octanol–water partition coefficient (Wildman–Crippen LogP) is 1.13. The minimum Gasteiger partial charge on any atom is -0.366 e. The van der Waals surface area contributed by atoms with Gasteiger partial charge in [0.05, 0.1) is 5.69 Å². The molecule has 4 rings (SSSR count). The molecule has 0 atom stereocenters. The van der Waals surface area contributed by atoms with Crippen molar-refractivity contribution in [3.63, 3.8) is 0 Å². The van der Waals surface area contributed by atoms with Gasteiger partial charge in [-0.2, -0.15) is 5.10 Å². The Hall–Kier alpha value is -3.46. The van der Waals surface area contributed by atoms with E-state index in [9.17, 15) is 4.79 Å². The van der Waals surface area contributed by atoms with Crippen molar-refractivity contribution in [1.29, 1.82) is 0 Å². The number of carbonyl (C=O) groups excluding carboxylic acids is 1. The zero-order valence-corrected chi connectivity index (χ0v) is 15.6. The number of anilines is 3. The number of aryl methyl sites for hydroxylation is 1. The average Bonchev–Trinajstić information content (AvgIpc) is 3.13. The maximum absolute atomic E-state index is 11.9. The lowest BCUT2D eigenvalue weighted by Gasteiger charge is -2.29. The molecular weight excluding hydrogens is 356 g/mol. The summed E-state index contributed by atoms with van der Waals surface area (Å²) in [5.74, 6) is 1.63. The molecule has 0 saturated carbocycles. The zero-order chi connectivity index (χ0) is 19.5. The number of amides is 1. The zero-order valence-electron chi connectivity index (χ0n) is 15.6. The first-order valence-corrected chi connectivity index (χ1v) is 9.09. The Morgan fingerprint density at radius 3 is 2.71 bits per heavy atom. The summed E-state index contributed by atoms with van der Waals surface area (Å²) < 4.78 is 1.71. The molecule has 0 unspecified atom stereocenters. The highest BCUT2D eigenvalue weighted by Gasteiger charge is 2.16. The van der Waals surface area contributed by atoms with Crippen molar-refractivity contribution < 1.29 is 4.79 Å². The minimum atomic E-state index is -0.471. The number of hydrogen-bond donors (Lipinski definition) is 3. The number of pyridine rings is 2. The molecule has 9 nitrogen and oxygen atoms in total. The third kappa shape index (κ3) is 3.94. The molecule has 4 N–H and O–H groups in total. The first-order chi connectivity index (χ1) is 13.6. The lowest BCUT2D eigenvalue weighted by molar-refractivity contribution is 0.1000. The molecular formula is C19H22N8O. The fraction of sp³-hybridized carbons (Fsp3) is 0.263. The Bertz CT molecular complexity index is 993. The molecule has 4 heterocycles. The molecule has 3 aromatic rings. The second-order valence-electron chi connectivity index (χ2n) is 6.63. The van der Waals surface area contributed by atoms with E-state index < -0.39 is 5.91 Å². The molecule has 3 aromatic heterocycles. The van der Waals surface area contributed by atoms with Gasteiger partial charge in [-0.15, -0.1) is 0 Å². The highest BCUT2D eigenvalue weighted by atomic mass is 16.1. The van der Waals surface area contributed by atoms with Crippen molar-refractivity contribution in [2.45, 2.75) is 0 Å². The van der Waals surface area contributed by atoms with Crippen LogP contribution in [0, 0.1) is 0 Å². The number of primary amides is 1. The number of piperazine rings is 1. The van der Waals surface area contributed by atoms with Crippen molar-refractivity contribution in [2.24, 2.45) is 12.8 Å². The monoisotopic (exact) mass is 378 g/mol. The Morgan fingerprint density at radius 1 is 1.18 bits per heavy atom. The van der Waals surface area contributed by atoms with Gasteiger partial charge < -0.3 is 21.3 Å². The number of nitrogens with zero attached hydrogens (tertiary/aromatic N) is 5. The third-order valence-electron chi connectivity index (χ3n) is 4.56. The SMILES string of the molecule is Cn1ccc(Nc2cc(-c3cc(C(N)=O)cc(N4CCNCC4)n3)ccn2)n1. The largest absolute Gasteiger partial charge is 0.366 e. The summed E-state index contributed by atoms with van der Waals surface area (Å²) in [6.45, 7) is 3.42. The van der Waals surface area contributed by atoms with E-state index in [0.717, 1.165) is 37.6 Å². The average molecular weight is 378 g/mol. The van der Waals surface area contributed by atoms with Crippen LogP contribution in [0.25, 0.3) is 11.3 Å². The maximum atomic E-state index is 11.9. The van der Waals surface area contributed by atoms with Crippen molar-refractivity contribution >= 4 is 23.4 Å². The van der Waals surface area contributed by atoms with Gasteiger partial charge in [-0.3, -0.25) is 9.48 Å². The number of nitrogens with two attached hydrogens (primary N) is 1. The first kappa shape index (κ1) is 17.9. The maximum Gasteiger partial charge on any atom is 0.248 e. The van der Waals surface area contributed by atoms with Crippen molar-refractivity contribution in [3.8, 4) is 11.3 Å². The van der Waals surface area contributed by atoms with Crippen LogP contribution < -0.4 is 21.3 Å². The van der Waals surface area contributed by atoms with E-state index in [0.29, 0.717) is 22.9 Å². The van der Waals surface area contributed by atoms with Gasteiger partial charge in [-0.1, -0.05) is 0 Å². The van der Waals surface area contributed by atoms with Crippen LogP contribution in [0.3, 0.4) is 0 Å². The Morgan fingerprint density at radius 2 is 2.00 bits per heavy atom. The van der Waals surface area contributed by atoms with E-state index >= 15 is 0 Å². The number of nitrogens with one attached hydrogen (secondary N) is 2. The smallest absolute Gasteiger partial charge is 0.248 e. The molecule has 1 aliphatic heterocycles. The summed E-state index contributed by atoms with van der Waals surface area (Å²) >= 11 is 0. The summed E-state index contributed by atoms with van der Waals surface area (Å²) in [7, 11) is 1.85. The van der Waals surface area contributed by atoms with E-state index in [-0.39, 0.29) is 0 Å². The van der Waals surface area contributed by atoms with E-state index in [1.54, 1.807) is 23.0 Å². The molecule has 0 aromatic carbocycles. The summed E-state index contributed by atoms with van der Waals surface area (Å²) in [5, 5.41) is 10.8. The number of rotatable bonds is 5. The minimum absolute atomic E-state index is 0.439. The van der Waals surface area contributed by atoms with Crippen molar-refractivity contribution in [2.75, 3.05) is 36.4 Å². The number of hydrogen-bond acceptors (Lipinski definition) is 7. The summed E-state index contributed by atoms with van der Waals surface area (Å²) in [6.07, 6.45) is 3.55. The lowest BCUT2D eigenvalue weighted by atomic mass is 10.1. The molecule has 0 aliphatic carbocycles. The topological polar surface area (TPSA) is 114 Å². The van der Waals surface area contributed by atoms with Gasteiger partial charge in [0.2, 0.25) is 5.91 Å². The second-order valence-corrected chi connectivity index (χ2v) is 6.63. The highest BCUT2D eigenvalue weighted by molar-refractivity contribution is 5.94. The van der Waals surface area contributed by atoms with Crippen LogP contribution in [-0.2, 0) is 7.05 Å². The fourth-order valence-corrected chi connectivity index (χ4v) is 3.13. The third-order valence-corrected chi connectivity index (χ3v) is 4.56. The van der Waals surface area contributed by atoms with Crippen molar-refractivity contribution in [1.82, 2.24) is 25.1 Å². The highest BCUT2D eigenvalue weighted by Crippen LogP contribution is 2.25. The molecule has 28 heavy (non-hydrogen) atoms. The first-order valence-electron chi connectivity index (χ1n) is 9.09. The fourth-order valence-electron chi connectivity index (χ4n) is 3.13. The van der Waals surface area contributed by atoms with E-state index in [2.05, 4.69) is 25.6 Å². The van der Waals surface area contributed by atoms with Gasteiger partial charge in [0, 0.05) is 62.8 Å². The van der Waals surface area contributed by atoms with Gasteiger partial charge in [0.1, 0.15) is 11.6 Å². The molecule has 1 saturated heterocycles. The summed E-state index contributed by atoms with van der Waals surface area (Å²) in [5.41, 5.74) is 7.52. The quantitative estimate of drug-likeness (QED) is 0.610. The van der Waals surface area contributed by atoms with Gasteiger partial charge in [0.25, 0.3) is 0 Å². The Labute approximate surface area is 162 Å². The van der Waals surface area contributed by atoms with Crippen LogP contribution >= 0.6 is 0 Å². The lowest BCUT2D eigenvalue weighted by Crippen LogP contribution is -2.44. The van der Waals surface area contributed by atoms with Gasteiger partial charge in [0.15, 0.2) is 5.82 Å². The van der Waals surface area contributed by atoms with Gasteiger partial charge >= 0.3 is 0 Å². The van der Waals surface area contributed by atoms with Crippen LogP contribution in [0.1, 0.15) is 10.4 Å². The standard InChI is InChI=1S/C19H22N8O/c1-26-7-3-16(25-26)24-17-11-13(2-4-22-17)15-10-14(19(20)28)12-18(23-15)27-8-5-21-6-9-27/h2-4,7,10-12,21H,5-6,8-9H2,1H3,(H2,20,28)(H,22,24,25). The molecule has 0 bridgehead atoms. The van der Waals surface area contributed by atoms with E-state index in [4.69, 9.17) is 10.7 Å². The van der Waals surface area contributed by atoms with Crippen LogP contribution in [0.4, 0.5) is 17.5 Å². The normalized spacial score (nSPS) is 14.1. The molecule has 1 amide bonds. The second kappa shape index (κ2) is 7.65. The Balaban J connectivity index is 1.68. The van der Waals surface area contributed by atoms with Gasteiger partial charge in [-0.05, 0) is 24.3 Å². The van der Waals surface area contributed by atoms with Gasteiger partial charge in [-0.25, -0.2) is 9.97 Å². The molecule has 1 aliphatic rings. The van der Waals surface area contributed by atoms with Crippen LogP contribution in [-0.4, -0.2) is 51.8 Å². The molecule has 1 fully saturated rings. The number of carbonyl (C=O) groups is 1. The Kier molecular flexibility index (Phi) is 4.90. The van der Waals surface area contributed by atoms with Crippen LogP contribution in [0.2, 0.25) is 0 Å². The molecule has 9 heteroatoms. The molecule has 0 radical (unpaired) electrons. The molecule has 144 valence electrons. The summed E-state index contributed by atoms with van der Waals surface area (Å²) in [4.78, 5) is 23.1. The van der Waals surface area contributed by atoms with E-state index in [1.165, 1.54) is 0 Å². The predicted molar refractivity (Wildman–Crippen MR) is 108 cm³/mol. The van der Waals surface area contributed by atoms with Crippen molar-refractivity contribution in [3.05, 3.63) is 48.3 Å².